The Bertz CT molecular complexity index is 1540. The van der Waals surface area contributed by atoms with Crippen molar-refractivity contribution in [3.05, 3.63) is 79.8 Å². The van der Waals surface area contributed by atoms with E-state index in [-0.39, 0.29) is 5.56 Å². The Morgan fingerprint density at radius 2 is 1.84 bits per heavy atom. The fraction of sp³-hybridized carbons (Fsp3) is 0.136. The van der Waals surface area contributed by atoms with Crippen molar-refractivity contribution in [2.45, 2.75) is 20.4 Å². The number of nitrogens with two attached hydrogens (primary N) is 1. The van der Waals surface area contributed by atoms with Crippen molar-refractivity contribution >= 4 is 50.3 Å². The van der Waals surface area contributed by atoms with Crippen LogP contribution in [-0.4, -0.2) is 29.3 Å². The number of benzene rings is 1. The molecule has 154 valence electrons. The summed E-state index contributed by atoms with van der Waals surface area (Å²) in [6.45, 7) is 4.24. The molecule has 0 amide bonds. The molecule has 0 aliphatic heterocycles. The van der Waals surface area contributed by atoms with Crippen LogP contribution in [0.4, 0.5) is 5.82 Å². The minimum atomic E-state index is -0.104. The van der Waals surface area contributed by atoms with Crippen LogP contribution in [-0.2, 0) is 6.54 Å². The zero-order chi connectivity index (χ0) is 21.7. The molecule has 5 aromatic rings. The van der Waals surface area contributed by atoms with Crippen molar-refractivity contribution in [1.82, 2.24) is 29.3 Å². The van der Waals surface area contributed by atoms with Crippen LogP contribution in [0, 0.1) is 17.5 Å². The largest absolute Gasteiger partial charge is 0.383 e. The number of aromatic nitrogens is 6. The number of halogens is 1. The lowest BCUT2D eigenvalue weighted by Gasteiger charge is -2.17. The Balaban J connectivity index is 1.82. The molecule has 8 nitrogen and oxygen atoms in total. The molecular weight excluding hydrogens is 505 g/mol. The first kappa shape index (κ1) is 19.6. The zero-order valence-electron chi connectivity index (χ0n) is 16.9. The molecule has 0 aliphatic carbocycles. The van der Waals surface area contributed by atoms with Crippen molar-refractivity contribution in [2.24, 2.45) is 0 Å². The molecule has 1 aromatic carbocycles. The van der Waals surface area contributed by atoms with Crippen LogP contribution in [0.2, 0.25) is 0 Å². The van der Waals surface area contributed by atoms with E-state index in [1.54, 1.807) is 15.4 Å². The van der Waals surface area contributed by atoms with Crippen molar-refractivity contribution < 1.29 is 0 Å². The summed E-state index contributed by atoms with van der Waals surface area (Å²) in [5, 5.41) is 5.94. The first-order valence-corrected chi connectivity index (χ1v) is 10.7. The first-order chi connectivity index (χ1) is 15.0. The number of hydrogen-bond donors (Lipinski definition) is 1. The smallest absolute Gasteiger partial charge is 0.265 e. The SMILES string of the molecule is Cc1ccccc1-n1c(Cn2nc(I)c3c(N)ncnc32)cc2nccc(C)c2c1=O. The van der Waals surface area contributed by atoms with Gasteiger partial charge in [-0.25, -0.2) is 14.6 Å². The Labute approximate surface area is 190 Å². The molecule has 5 rings (SSSR count). The molecule has 4 heterocycles. The molecule has 0 aliphatic rings. The number of nitrogens with zero attached hydrogens (tertiary/aromatic N) is 6. The third-order valence-corrected chi connectivity index (χ3v) is 6.14. The number of para-hydroxylation sites is 1. The van der Waals surface area contributed by atoms with E-state index in [2.05, 4.69) is 42.6 Å². The zero-order valence-corrected chi connectivity index (χ0v) is 19.0. The molecule has 0 radical (unpaired) electrons. The van der Waals surface area contributed by atoms with Crippen molar-refractivity contribution in [3.63, 3.8) is 0 Å². The predicted octanol–water partition coefficient (Wildman–Crippen LogP) is 3.38. The Morgan fingerprint density at radius 1 is 1.03 bits per heavy atom. The van der Waals surface area contributed by atoms with Gasteiger partial charge in [0.15, 0.2) is 5.65 Å². The fourth-order valence-corrected chi connectivity index (χ4v) is 4.65. The molecule has 0 saturated carbocycles. The third-order valence-electron chi connectivity index (χ3n) is 5.38. The maximum atomic E-state index is 13.7. The molecule has 0 fully saturated rings. The van der Waals surface area contributed by atoms with Gasteiger partial charge in [0.2, 0.25) is 0 Å². The number of rotatable bonds is 3. The monoisotopic (exact) mass is 523 g/mol. The standard InChI is InChI=1S/C22H18IN7O/c1-12-5-3-4-6-16(12)30-14(9-15-17(22(30)31)13(2)7-8-25-15)10-29-21-18(19(23)28-29)20(24)26-11-27-21/h3-9,11H,10H2,1-2H3,(H2,24,26,27). The van der Waals surface area contributed by atoms with Crippen LogP contribution in [0.5, 0.6) is 0 Å². The summed E-state index contributed by atoms with van der Waals surface area (Å²) in [5.41, 5.74) is 10.7. The molecule has 4 aromatic heterocycles. The van der Waals surface area contributed by atoms with E-state index in [0.29, 0.717) is 38.0 Å². The van der Waals surface area contributed by atoms with Crippen LogP contribution in [0.15, 0.2) is 53.7 Å². The topological polar surface area (TPSA) is 105 Å². The molecule has 0 bridgehead atoms. The summed E-state index contributed by atoms with van der Waals surface area (Å²) >= 11 is 2.13. The van der Waals surface area contributed by atoms with E-state index < -0.39 is 0 Å². The first-order valence-electron chi connectivity index (χ1n) is 9.64. The van der Waals surface area contributed by atoms with Gasteiger partial charge in [0, 0.05) is 6.20 Å². The summed E-state index contributed by atoms with van der Waals surface area (Å²) in [6, 6.07) is 11.6. The molecule has 2 N–H and O–H groups in total. The van der Waals surface area contributed by atoms with Gasteiger partial charge in [-0.05, 0) is 65.8 Å². The average Bonchev–Trinajstić information content (AvgIpc) is 3.05. The van der Waals surface area contributed by atoms with E-state index >= 15 is 0 Å². The van der Waals surface area contributed by atoms with Crippen molar-refractivity contribution in [1.29, 1.82) is 0 Å². The molecule has 0 spiro atoms. The molecule has 0 unspecified atom stereocenters. The number of nitrogen functional groups attached to an aromatic ring is 1. The fourth-order valence-electron chi connectivity index (χ4n) is 3.88. The Kier molecular flexibility index (Phi) is 4.69. The maximum Gasteiger partial charge on any atom is 0.265 e. The highest BCUT2D eigenvalue weighted by Gasteiger charge is 2.18. The minimum Gasteiger partial charge on any atom is -0.383 e. The van der Waals surface area contributed by atoms with E-state index in [9.17, 15) is 4.79 Å². The third kappa shape index (κ3) is 3.16. The summed E-state index contributed by atoms with van der Waals surface area (Å²) in [4.78, 5) is 26.6. The van der Waals surface area contributed by atoms with Gasteiger partial charge in [0.05, 0.1) is 34.2 Å². The van der Waals surface area contributed by atoms with Gasteiger partial charge in [0.25, 0.3) is 5.56 Å². The lowest BCUT2D eigenvalue weighted by molar-refractivity contribution is 0.664. The number of fused-ring (bicyclic) bond motifs is 2. The molecule has 31 heavy (non-hydrogen) atoms. The van der Waals surface area contributed by atoms with Crippen molar-refractivity contribution in [3.8, 4) is 5.69 Å². The second-order valence-corrected chi connectivity index (χ2v) is 8.38. The second-order valence-electron chi connectivity index (χ2n) is 7.36. The van der Waals surface area contributed by atoms with Crippen LogP contribution in [0.25, 0.3) is 27.6 Å². The van der Waals surface area contributed by atoms with Crippen LogP contribution >= 0.6 is 22.6 Å². The van der Waals surface area contributed by atoms with Gasteiger partial charge < -0.3 is 5.73 Å². The molecule has 0 atom stereocenters. The Hall–Kier alpha value is -3.34. The number of pyridine rings is 2. The van der Waals surface area contributed by atoms with E-state index in [1.807, 2.05) is 50.2 Å². The average molecular weight is 523 g/mol. The van der Waals surface area contributed by atoms with Crippen LogP contribution < -0.4 is 11.3 Å². The summed E-state index contributed by atoms with van der Waals surface area (Å²) in [5.74, 6) is 0.382. The van der Waals surface area contributed by atoms with Crippen molar-refractivity contribution in [2.75, 3.05) is 5.73 Å². The van der Waals surface area contributed by atoms with E-state index in [4.69, 9.17) is 5.73 Å². The van der Waals surface area contributed by atoms with Gasteiger partial charge in [-0.15, -0.1) is 0 Å². The highest BCUT2D eigenvalue weighted by atomic mass is 127. The molecule has 9 heteroatoms. The quantitative estimate of drug-likeness (QED) is 0.364. The van der Waals surface area contributed by atoms with Gasteiger partial charge in [0.1, 0.15) is 15.8 Å². The van der Waals surface area contributed by atoms with E-state index in [0.717, 1.165) is 22.5 Å². The molecular formula is C22H18IN7O. The highest BCUT2D eigenvalue weighted by Crippen LogP contribution is 2.25. The van der Waals surface area contributed by atoms with Gasteiger partial charge in [-0.2, -0.15) is 5.10 Å². The summed E-state index contributed by atoms with van der Waals surface area (Å²) < 4.78 is 4.21. The number of aryl methyl sites for hydroxylation is 2. The minimum absolute atomic E-state index is 0.104. The highest BCUT2D eigenvalue weighted by molar-refractivity contribution is 14.1. The normalized spacial score (nSPS) is 11.5. The number of hydrogen-bond acceptors (Lipinski definition) is 6. The van der Waals surface area contributed by atoms with Gasteiger partial charge >= 0.3 is 0 Å². The van der Waals surface area contributed by atoms with Crippen LogP contribution in [0.1, 0.15) is 16.8 Å². The van der Waals surface area contributed by atoms with E-state index in [1.165, 1.54) is 6.33 Å². The molecule has 0 saturated heterocycles. The summed E-state index contributed by atoms with van der Waals surface area (Å²) in [7, 11) is 0. The van der Waals surface area contributed by atoms with Gasteiger partial charge in [-0.1, -0.05) is 18.2 Å². The lowest BCUT2D eigenvalue weighted by Crippen LogP contribution is -2.25. The Morgan fingerprint density at radius 3 is 2.65 bits per heavy atom. The number of anilines is 1. The summed E-state index contributed by atoms with van der Waals surface area (Å²) in [6.07, 6.45) is 3.14. The van der Waals surface area contributed by atoms with Crippen LogP contribution in [0.3, 0.4) is 0 Å². The van der Waals surface area contributed by atoms with Gasteiger partial charge in [-0.3, -0.25) is 14.3 Å². The lowest BCUT2D eigenvalue weighted by atomic mass is 10.1. The second kappa shape index (κ2) is 7.41. The maximum absolute atomic E-state index is 13.7. The predicted molar refractivity (Wildman–Crippen MR) is 128 cm³/mol.